The highest BCUT2D eigenvalue weighted by molar-refractivity contribution is 7.99. The molecule has 0 radical (unpaired) electrons. The molecule has 4 aromatic rings. The van der Waals surface area contributed by atoms with Gasteiger partial charge in [0, 0.05) is 23.6 Å². The van der Waals surface area contributed by atoms with E-state index in [1.165, 1.54) is 37.8 Å². The van der Waals surface area contributed by atoms with E-state index in [9.17, 15) is 10.1 Å². The van der Waals surface area contributed by atoms with E-state index in [0.29, 0.717) is 16.8 Å². The Kier molecular flexibility index (Phi) is 6.53. The highest BCUT2D eigenvalue weighted by Gasteiger charge is 2.22. The van der Waals surface area contributed by atoms with Gasteiger partial charge in [-0.25, -0.2) is 0 Å². The molecule has 0 saturated heterocycles. The molecule has 0 spiro atoms. The van der Waals surface area contributed by atoms with Crippen LogP contribution in [0.4, 0.5) is 5.69 Å². The predicted octanol–water partition coefficient (Wildman–Crippen LogP) is 5.85. The summed E-state index contributed by atoms with van der Waals surface area (Å²) in [6.45, 7) is 0.268. The molecule has 5 rings (SSSR count). The zero-order valence-electron chi connectivity index (χ0n) is 18.4. The van der Waals surface area contributed by atoms with Crippen molar-refractivity contribution in [3.05, 3.63) is 89.0 Å². The fourth-order valence-corrected chi connectivity index (χ4v) is 5.31. The Balaban J connectivity index is 1.31. The van der Waals surface area contributed by atoms with Crippen molar-refractivity contribution in [2.24, 2.45) is 0 Å². The lowest BCUT2D eigenvalue weighted by atomic mass is 10.1. The summed E-state index contributed by atoms with van der Waals surface area (Å²) in [7, 11) is 0. The summed E-state index contributed by atoms with van der Waals surface area (Å²) in [6, 6.07) is 18.0. The summed E-state index contributed by atoms with van der Waals surface area (Å²) >= 11 is 1.78. The van der Waals surface area contributed by atoms with Gasteiger partial charge < -0.3 is 4.74 Å². The Hall–Kier alpha value is -3.72. The van der Waals surface area contributed by atoms with Gasteiger partial charge in [0.15, 0.2) is 11.0 Å². The van der Waals surface area contributed by atoms with Gasteiger partial charge in [0.05, 0.1) is 16.8 Å². The van der Waals surface area contributed by atoms with E-state index >= 15 is 0 Å². The van der Waals surface area contributed by atoms with Gasteiger partial charge in [-0.3, -0.25) is 19.7 Å². The number of pyridine rings is 1. The smallest absolute Gasteiger partial charge is 0.269 e. The fourth-order valence-electron chi connectivity index (χ4n) is 4.04. The number of aromatic nitrogens is 4. The van der Waals surface area contributed by atoms with Crippen molar-refractivity contribution in [3.8, 4) is 22.6 Å². The molecule has 1 fully saturated rings. The first kappa shape index (κ1) is 22.1. The third-order valence-electron chi connectivity index (χ3n) is 5.81. The van der Waals surface area contributed by atoms with Crippen LogP contribution in [0.5, 0.6) is 5.75 Å². The van der Waals surface area contributed by atoms with Crippen molar-refractivity contribution in [2.45, 2.75) is 42.7 Å². The second-order valence-electron chi connectivity index (χ2n) is 8.09. The maximum atomic E-state index is 10.9. The Morgan fingerprint density at radius 3 is 2.35 bits per heavy atom. The standard InChI is InChI=1S/C25H23N5O3S/c31-30(32)20-11-7-18(8-12-20)19-9-13-22(14-10-19)33-17-24-27-28-25(34-23-5-1-2-6-23)29(24)21-4-3-15-26-16-21/h3-4,7-16,23H,1-2,5-6,17H2. The lowest BCUT2D eigenvalue weighted by molar-refractivity contribution is -0.384. The minimum atomic E-state index is -0.400. The van der Waals surface area contributed by atoms with Crippen LogP contribution in [0.1, 0.15) is 31.5 Å². The first-order valence-electron chi connectivity index (χ1n) is 11.2. The molecule has 172 valence electrons. The van der Waals surface area contributed by atoms with Crippen LogP contribution in [0.15, 0.2) is 78.2 Å². The predicted molar refractivity (Wildman–Crippen MR) is 130 cm³/mol. The summed E-state index contributed by atoms with van der Waals surface area (Å²) < 4.78 is 8.07. The number of hydrogen-bond acceptors (Lipinski definition) is 7. The van der Waals surface area contributed by atoms with E-state index < -0.39 is 4.92 Å². The van der Waals surface area contributed by atoms with Crippen LogP contribution in [-0.2, 0) is 6.61 Å². The molecule has 0 N–H and O–H groups in total. The first-order chi connectivity index (χ1) is 16.7. The zero-order valence-corrected chi connectivity index (χ0v) is 19.2. The van der Waals surface area contributed by atoms with Gasteiger partial charge in [-0.05, 0) is 60.4 Å². The van der Waals surface area contributed by atoms with E-state index in [1.807, 2.05) is 47.2 Å². The van der Waals surface area contributed by atoms with Crippen LogP contribution in [0.25, 0.3) is 16.8 Å². The molecule has 0 aliphatic heterocycles. The lowest BCUT2D eigenvalue weighted by Crippen LogP contribution is -2.08. The van der Waals surface area contributed by atoms with Crippen LogP contribution < -0.4 is 4.74 Å². The average molecular weight is 474 g/mol. The van der Waals surface area contributed by atoms with Crippen LogP contribution in [0.2, 0.25) is 0 Å². The van der Waals surface area contributed by atoms with Crippen molar-refractivity contribution in [1.29, 1.82) is 0 Å². The molecule has 0 unspecified atom stereocenters. The molecule has 8 nitrogen and oxygen atoms in total. The van der Waals surface area contributed by atoms with E-state index in [1.54, 1.807) is 30.1 Å². The Bertz CT molecular complexity index is 1250. The maximum Gasteiger partial charge on any atom is 0.269 e. The molecule has 0 bridgehead atoms. The molecule has 1 aliphatic rings. The van der Waals surface area contributed by atoms with Gasteiger partial charge in [-0.1, -0.05) is 36.7 Å². The minimum absolute atomic E-state index is 0.0758. The number of non-ortho nitro benzene ring substituents is 1. The Morgan fingerprint density at radius 1 is 1.00 bits per heavy atom. The molecular formula is C25H23N5O3S. The summed E-state index contributed by atoms with van der Waals surface area (Å²) in [5, 5.41) is 21.2. The normalized spacial score (nSPS) is 13.8. The number of rotatable bonds is 8. The minimum Gasteiger partial charge on any atom is -0.486 e. The van der Waals surface area contributed by atoms with Crippen LogP contribution in [0.3, 0.4) is 0 Å². The number of nitro groups is 1. The number of nitrogens with zero attached hydrogens (tertiary/aromatic N) is 5. The van der Waals surface area contributed by atoms with Crippen LogP contribution in [-0.4, -0.2) is 29.9 Å². The topological polar surface area (TPSA) is 96.0 Å². The molecule has 0 atom stereocenters. The van der Waals surface area contributed by atoms with Crippen molar-refractivity contribution in [2.75, 3.05) is 0 Å². The quantitative estimate of drug-likeness (QED) is 0.234. The van der Waals surface area contributed by atoms with E-state index in [-0.39, 0.29) is 12.3 Å². The third-order valence-corrected chi connectivity index (χ3v) is 7.09. The Labute approximate surface area is 201 Å². The number of ether oxygens (including phenoxy) is 1. The van der Waals surface area contributed by atoms with Gasteiger partial charge in [-0.15, -0.1) is 10.2 Å². The molecule has 1 saturated carbocycles. The lowest BCUT2D eigenvalue weighted by Gasteiger charge is -2.13. The second kappa shape index (κ2) is 10.0. The molecular weight excluding hydrogens is 450 g/mol. The molecule has 2 heterocycles. The molecule has 9 heteroatoms. The van der Waals surface area contributed by atoms with Crippen LogP contribution in [0, 0.1) is 10.1 Å². The van der Waals surface area contributed by atoms with Crippen molar-refractivity contribution >= 4 is 17.4 Å². The summed E-state index contributed by atoms with van der Waals surface area (Å²) in [5.41, 5.74) is 2.85. The van der Waals surface area contributed by atoms with E-state index in [0.717, 1.165) is 22.0 Å². The highest BCUT2D eigenvalue weighted by atomic mass is 32.2. The van der Waals surface area contributed by atoms with E-state index in [2.05, 4.69) is 15.2 Å². The average Bonchev–Trinajstić information content (AvgIpc) is 3.54. The molecule has 2 aromatic carbocycles. The number of hydrogen-bond donors (Lipinski definition) is 0. The van der Waals surface area contributed by atoms with Crippen molar-refractivity contribution < 1.29 is 9.66 Å². The number of nitro benzene ring substituents is 1. The molecule has 34 heavy (non-hydrogen) atoms. The zero-order chi connectivity index (χ0) is 23.3. The van der Waals surface area contributed by atoms with Gasteiger partial charge in [0.1, 0.15) is 12.4 Å². The van der Waals surface area contributed by atoms with E-state index in [4.69, 9.17) is 4.74 Å². The first-order valence-corrected chi connectivity index (χ1v) is 12.0. The second-order valence-corrected chi connectivity index (χ2v) is 9.35. The summed E-state index contributed by atoms with van der Waals surface area (Å²) in [4.78, 5) is 14.7. The van der Waals surface area contributed by atoms with Gasteiger partial charge in [0.25, 0.3) is 5.69 Å². The maximum absolute atomic E-state index is 10.9. The number of benzene rings is 2. The van der Waals surface area contributed by atoms with Gasteiger partial charge in [0.2, 0.25) is 0 Å². The fraction of sp³-hybridized carbons (Fsp3) is 0.240. The SMILES string of the molecule is O=[N+]([O-])c1ccc(-c2ccc(OCc3nnc(SC4CCCC4)n3-c3cccnc3)cc2)cc1. The molecule has 2 aromatic heterocycles. The summed E-state index contributed by atoms with van der Waals surface area (Å²) in [6.07, 6.45) is 8.51. The van der Waals surface area contributed by atoms with Gasteiger partial charge >= 0.3 is 0 Å². The molecule has 0 amide bonds. The summed E-state index contributed by atoms with van der Waals surface area (Å²) in [5.74, 6) is 1.42. The third kappa shape index (κ3) is 4.94. The molecule has 1 aliphatic carbocycles. The van der Waals surface area contributed by atoms with Gasteiger partial charge in [-0.2, -0.15) is 0 Å². The highest BCUT2D eigenvalue weighted by Crippen LogP contribution is 2.35. The number of thioether (sulfide) groups is 1. The monoisotopic (exact) mass is 473 g/mol. The Morgan fingerprint density at radius 2 is 1.71 bits per heavy atom. The van der Waals surface area contributed by atoms with Crippen molar-refractivity contribution in [3.63, 3.8) is 0 Å². The largest absolute Gasteiger partial charge is 0.486 e. The van der Waals surface area contributed by atoms with Crippen molar-refractivity contribution in [1.82, 2.24) is 19.7 Å². The van der Waals surface area contributed by atoms with Crippen LogP contribution >= 0.6 is 11.8 Å².